The van der Waals surface area contributed by atoms with E-state index in [1.165, 1.54) is 16.3 Å². The molecule has 0 saturated heterocycles. The average Bonchev–Trinajstić information content (AvgIpc) is 2.53. The number of benzene rings is 2. The molecule has 0 fully saturated rings. The van der Waals surface area contributed by atoms with E-state index in [1.807, 2.05) is 32.9 Å². The van der Waals surface area contributed by atoms with Gasteiger partial charge < -0.3 is 14.7 Å². The molecule has 0 aliphatic carbocycles. The lowest BCUT2D eigenvalue weighted by Crippen LogP contribution is -2.38. The minimum Gasteiger partial charge on any atom is -0.444 e. The number of amides is 1. The highest BCUT2D eigenvalue weighted by Gasteiger charge is 2.21. The molecule has 0 aromatic heterocycles. The van der Waals surface area contributed by atoms with Gasteiger partial charge in [-0.2, -0.15) is 0 Å². The number of nitrogens with zero attached hydrogens (tertiary/aromatic N) is 1. The van der Waals surface area contributed by atoms with Gasteiger partial charge in [-0.25, -0.2) is 4.79 Å². The second kappa shape index (κ2) is 8.15. The van der Waals surface area contributed by atoms with Crippen molar-refractivity contribution in [2.24, 2.45) is 0 Å². The van der Waals surface area contributed by atoms with E-state index >= 15 is 0 Å². The topological polar surface area (TPSA) is 49.8 Å². The third-order valence-electron chi connectivity index (χ3n) is 3.72. The summed E-state index contributed by atoms with van der Waals surface area (Å²) in [5.41, 5.74) is 0.670. The van der Waals surface area contributed by atoms with Crippen molar-refractivity contribution in [2.45, 2.75) is 39.2 Å². The smallest absolute Gasteiger partial charge is 0.410 e. The van der Waals surface area contributed by atoms with E-state index < -0.39 is 5.60 Å². The van der Waals surface area contributed by atoms with Crippen LogP contribution in [0.15, 0.2) is 42.5 Å². The molecular formula is C20H27NO3. The number of fused-ring (bicyclic) bond motifs is 1. The number of aliphatic hydroxyl groups excluding tert-OH is 1. The molecule has 0 radical (unpaired) electrons. The van der Waals surface area contributed by atoms with Crippen molar-refractivity contribution in [2.75, 3.05) is 19.7 Å². The van der Waals surface area contributed by atoms with Gasteiger partial charge in [0, 0.05) is 19.7 Å². The first-order valence-corrected chi connectivity index (χ1v) is 8.45. The van der Waals surface area contributed by atoms with Crippen LogP contribution in [0.2, 0.25) is 0 Å². The Bertz CT molecular complexity index is 676. The van der Waals surface area contributed by atoms with Crippen molar-refractivity contribution >= 4 is 16.9 Å². The van der Waals surface area contributed by atoms with E-state index in [9.17, 15) is 4.79 Å². The second-order valence-electron chi connectivity index (χ2n) is 6.98. The van der Waals surface area contributed by atoms with Gasteiger partial charge in [0.15, 0.2) is 0 Å². The van der Waals surface area contributed by atoms with Crippen LogP contribution in [0, 0.1) is 0 Å². The molecule has 0 bridgehead atoms. The Hall–Kier alpha value is -2.07. The first-order valence-electron chi connectivity index (χ1n) is 8.45. The maximum Gasteiger partial charge on any atom is 0.410 e. The number of carbonyl (C=O) groups excluding carboxylic acids is 1. The summed E-state index contributed by atoms with van der Waals surface area (Å²) in [6, 6.07) is 14.6. The summed E-state index contributed by atoms with van der Waals surface area (Å²) in [7, 11) is 0. The lowest BCUT2D eigenvalue weighted by molar-refractivity contribution is 0.0243. The van der Waals surface area contributed by atoms with Crippen molar-refractivity contribution in [1.29, 1.82) is 0 Å². The monoisotopic (exact) mass is 329 g/mol. The first kappa shape index (κ1) is 18.3. The number of ether oxygens (including phenoxy) is 1. The van der Waals surface area contributed by atoms with Crippen LogP contribution in [0.4, 0.5) is 4.79 Å². The fourth-order valence-electron chi connectivity index (χ4n) is 2.54. The molecule has 0 spiro atoms. The van der Waals surface area contributed by atoms with Crippen molar-refractivity contribution in [3.05, 3.63) is 48.0 Å². The van der Waals surface area contributed by atoms with Crippen LogP contribution >= 0.6 is 0 Å². The van der Waals surface area contributed by atoms with Crippen LogP contribution in [0.25, 0.3) is 10.8 Å². The summed E-state index contributed by atoms with van der Waals surface area (Å²) < 4.78 is 5.46. The van der Waals surface area contributed by atoms with Crippen molar-refractivity contribution in [1.82, 2.24) is 4.90 Å². The van der Waals surface area contributed by atoms with Crippen molar-refractivity contribution < 1.29 is 14.6 Å². The van der Waals surface area contributed by atoms with Crippen LogP contribution in [-0.2, 0) is 11.2 Å². The molecule has 4 nitrogen and oxygen atoms in total. The third kappa shape index (κ3) is 5.53. The summed E-state index contributed by atoms with van der Waals surface area (Å²) >= 11 is 0. The molecule has 1 N–H and O–H groups in total. The van der Waals surface area contributed by atoms with Gasteiger partial charge in [-0.05, 0) is 49.9 Å². The Balaban J connectivity index is 2.03. The van der Waals surface area contributed by atoms with E-state index in [0.29, 0.717) is 19.5 Å². The zero-order valence-electron chi connectivity index (χ0n) is 14.8. The van der Waals surface area contributed by atoms with Gasteiger partial charge in [-0.1, -0.05) is 42.5 Å². The number of rotatable bonds is 6. The molecule has 2 aromatic rings. The summed E-state index contributed by atoms with van der Waals surface area (Å²) in [5.74, 6) is 0. The molecular weight excluding hydrogens is 302 g/mol. The van der Waals surface area contributed by atoms with E-state index in [-0.39, 0.29) is 12.7 Å². The molecule has 1 amide bonds. The summed E-state index contributed by atoms with van der Waals surface area (Å²) in [6.07, 6.45) is 0.990. The molecule has 24 heavy (non-hydrogen) atoms. The molecule has 0 saturated carbocycles. The molecule has 4 heteroatoms. The van der Waals surface area contributed by atoms with E-state index in [1.54, 1.807) is 4.90 Å². The van der Waals surface area contributed by atoms with Gasteiger partial charge >= 0.3 is 6.09 Å². The molecule has 0 unspecified atom stereocenters. The van der Waals surface area contributed by atoms with Crippen LogP contribution in [0.1, 0.15) is 32.8 Å². The fourth-order valence-corrected chi connectivity index (χ4v) is 2.54. The zero-order chi connectivity index (χ0) is 17.6. The predicted molar refractivity (Wildman–Crippen MR) is 97.2 cm³/mol. The minimum atomic E-state index is -0.516. The molecule has 0 atom stereocenters. The van der Waals surface area contributed by atoms with E-state index in [4.69, 9.17) is 9.84 Å². The molecule has 2 aromatic carbocycles. The Morgan fingerprint density at radius 1 is 1.08 bits per heavy atom. The van der Waals surface area contributed by atoms with Crippen LogP contribution < -0.4 is 0 Å². The van der Waals surface area contributed by atoms with Gasteiger partial charge in [0.2, 0.25) is 0 Å². The van der Waals surface area contributed by atoms with E-state index in [0.717, 1.165) is 6.42 Å². The SMILES string of the molecule is CC(C)(C)OC(=O)N(CCCO)CCc1ccc2ccccc2c1. The maximum absolute atomic E-state index is 12.3. The summed E-state index contributed by atoms with van der Waals surface area (Å²) in [5, 5.41) is 11.5. The van der Waals surface area contributed by atoms with Crippen molar-refractivity contribution in [3.63, 3.8) is 0 Å². The Morgan fingerprint density at radius 3 is 2.46 bits per heavy atom. The number of aliphatic hydroxyl groups is 1. The molecule has 0 aliphatic heterocycles. The molecule has 130 valence electrons. The normalized spacial score (nSPS) is 11.5. The highest BCUT2D eigenvalue weighted by atomic mass is 16.6. The van der Waals surface area contributed by atoms with Gasteiger partial charge in [-0.15, -0.1) is 0 Å². The summed E-state index contributed by atoms with van der Waals surface area (Å²) in [6.45, 7) is 6.72. The molecule has 0 heterocycles. The van der Waals surface area contributed by atoms with Crippen LogP contribution in [0.3, 0.4) is 0 Å². The van der Waals surface area contributed by atoms with Gasteiger partial charge in [-0.3, -0.25) is 0 Å². The van der Waals surface area contributed by atoms with E-state index in [2.05, 4.69) is 30.3 Å². The first-order chi connectivity index (χ1) is 11.4. The van der Waals surface area contributed by atoms with Gasteiger partial charge in [0.05, 0.1) is 0 Å². The summed E-state index contributed by atoms with van der Waals surface area (Å²) in [4.78, 5) is 14.0. The number of carbonyl (C=O) groups is 1. The highest BCUT2D eigenvalue weighted by molar-refractivity contribution is 5.83. The Labute approximate surface area is 144 Å². The Kier molecular flexibility index (Phi) is 6.21. The Morgan fingerprint density at radius 2 is 1.79 bits per heavy atom. The van der Waals surface area contributed by atoms with Crippen LogP contribution in [0.5, 0.6) is 0 Å². The van der Waals surface area contributed by atoms with Gasteiger partial charge in [0.1, 0.15) is 5.60 Å². The zero-order valence-corrected chi connectivity index (χ0v) is 14.8. The highest BCUT2D eigenvalue weighted by Crippen LogP contribution is 2.17. The molecule has 2 rings (SSSR count). The number of hydrogen-bond acceptors (Lipinski definition) is 3. The van der Waals surface area contributed by atoms with Gasteiger partial charge in [0.25, 0.3) is 0 Å². The second-order valence-corrected chi connectivity index (χ2v) is 6.98. The number of hydrogen-bond donors (Lipinski definition) is 1. The minimum absolute atomic E-state index is 0.0648. The lowest BCUT2D eigenvalue weighted by atomic mass is 10.1. The quantitative estimate of drug-likeness (QED) is 0.871. The third-order valence-corrected chi connectivity index (χ3v) is 3.72. The van der Waals surface area contributed by atoms with Crippen LogP contribution in [-0.4, -0.2) is 41.4 Å². The largest absolute Gasteiger partial charge is 0.444 e. The maximum atomic E-state index is 12.3. The predicted octanol–water partition coefficient (Wildman–Crippen LogP) is 4.00. The average molecular weight is 329 g/mol. The standard InChI is InChI=1S/C20H27NO3/c1-20(2,3)24-19(23)21(12-6-14-22)13-11-16-9-10-17-7-4-5-8-18(17)15-16/h4-5,7-10,15,22H,6,11-14H2,1-3H3. The molecule has 0 aliphatic rings. The lowest BCUT2D eigenvalue weighted by Gasteiger charge is -2.27. The fraction of sp³-hybridized carbons (Fsp3) is 0.450. The van der Waals surface area contributed by atoms with Crippen molar-refractivity contribution in [3.8, 4) is 0 Å².